The van der Waals surface area contributed by atoms with Gasteiger partial charge in [-0.15, -0.1) is 12.4 Å². The number of esters is 1. The van der Waals surface area contributed by atoms with Crippen LogP contribution in [-0.4, -0.2) is 38.8 Å². The second-order valence-electron chi connectivity index (χ2n) is 9.16. The number of allylic oxidation sites excluding steroid dienone is 1. The zero-order valence-corrected chi connectivity index (χ0v) is 22.9. The first-order valence-electron chi connectivity index (χ1n) is 12.6. The average Bonchev–Trinajstić information content (AvgIpc) is 3.66. The summed E-state index contributed by atoms with van der Waals surface area (Å²) in [6.45, 7) is 2.53. The van der Waals surface area contributed by atoms with Crippen LogP contribution < -0.4 is 11.1 Å². The second-order valence-corrected chi connectivity index (χ2v) is 9.16. The van der Waals surface area contributed by atoms with Gasteiger partial charge in [0.2, 0.25) is 0 Å². The van der Waals surface area contributed by atoms with Gasteiger partial charge in [-0.25, -0.2) is 9.78 Å². The molecule has 206 valence electrons. The number of benzene rings is 2. The summed E-state index contributed by atoms with van der Waals surface area (Å²) in [6, 6.07) is 18.9. The summed E-state index contributed by atoms with van der Waals surface area (Å²) >= 11 is 0. The van der Waals surface area contributed by atoms with Crippen LogP contribution in [0.2, 0.25) is 0 Å². The Kier molecular flexibility index (Phi) is 8.83. The number of pyridine rings is 1. The van der Waals surface area contributed by atoms with Crippen molar-refractivity contribution in [3.63, 3.8) is 0 Å². The van der Waals surface area contributed by atoms with Crippen molar-refractivity contribution >= 4 is 46.8 Å². The number of hydrogen-bond donors (Lipinski definition) is 3. The van der Waals surface area contributed by atoms with E-state index in [1.165, 1.54) is 0 Å². The van der Waals surface area contributed by atoms with Crippen molar-refractivity contribution in [1.29, 1.82) is 5.41 Å². The van der Waals surface area contributed by atoms with Crippen molar-refractivity contribution < 1.29 is 14.4 Å². The molecule has 11 heteroatoms. The van der Waals surface area contributed by atoms with E-state index in [2.05, 4.69) is 44.1 Å². The fraction of sp³-hybridized carbons (Fsp3) is 0.241. The number of carbonyl (C=O) groups is 1. The van der Waals surface area contributed by atoms with Gasteiger partial charge in [0.05, 0.1) is 29.9 Å². The number of hydrogen-bond acceptors (Lipinski definition) is 8. The van der Waals surface area contributed by atoms with Crippen LogP contribution in [0, 0.1) is 5.41 Å². The molecule has 1 aliphatic carbocycles. The monoisotopic (exact) mass is 559 g/mol. The number of aryl methyl sites for hydroxylation is 1. The zero-order chi connectivity index (χ0) is 27.4. The Morgan fingerprint density at radius 3 is 2.75 bits per heavy atom. The van der Waals surface area contributed by atoms with Crippen molar-refractivity contribution in [2.45, 2.75) is 31.9 Å². The van der Waals surface area contributed by atoms with Crippen LogP contribution >= 0.6 is 12.4 Å². The molecule has 2 aromatic carbocycles. The summed E-state index contributed by atoms with van der Waals surface area (Å²) in [5, 5.41) is 14.9. The largest absolute Gasteiger partial charge is 0.463 e. The predicted molar refractivity (Wildman–Crippen MR) is 156 cm³/mol. The number of rotatable bonds is 10. The normalized spacial score (nSPS) is 14.4. The smallest absolute Gasteiger partial charge is 0.356 e. The maximum atomic E-state index is 12.3. The molecule has 0 radical (unpaired) electrons. The van der Waals surface area contributed by atoms with E-state index in [4.69, 9.17) is 25.7 Å². The van der Waals surface area contributed by atoms with Crippen LogP contribution in [0.4, 0.5) is 5.69 Å². The maximum absolute atomic E-state index is 12.3. The van der Waals surface area contributed by atoms with Gasteiger partial charge in [0.15, 0.2) is 0 Å². The molecular formula is C29H30ClN7O3. The predicted octanol–water partition coefficient (Wildman–Crippen LogP) is 4.61. The van der Waals surface area contributed by atoms with Gasteiger partial charge in [0.1, 0.15) is 11.7 Å². The molecule has 0 amide bonds. The lowest BCUT2D eigenvalue weighted by molar-refractivity contribution is -0.157. The minimum atomic E-state index is -1.04. The number of aromatic nitrogens is 3. The van der Waals surface area contributed by atoms with Gasteiger partial charge in [0, 0.05) is 41.9 Å². The molecule has 2 atom stereocenters. The summed E-state index contributed by atoms with van der Waals surface area (Å²) in [7, 11) is 2.00. The standard InChI is InChI=1S/C29H29N7O3.ClH/c1-3-38-29(37)27(23-6-4-5-13-32-23)39-34-16-20-14-22(20)19-9-12-25-24(15-19)35-26(36(25)2)17-33-21-10-7-18(8-11-21)28(30)31;/h4-13,15,22,27,33H,3,14,17H2,1-2H3,(H3,30,31);1H. The van der Waals surface area contributed by atoms with E-state index in [0.717, 1.165) is 40.1 Å². The van der Waals surface area contributed by atoms with Crippen molar-refractivity contribution in [2.24, 2.45) is 17.9 Å². The highest BCUT2D eigenvalue weighted by Crippen LogP contribution is 2.45. The maximum Gasteiger partial charge on any atom is 0.356 e. The number of ether oxygens (including phenoxy) is 1. The van der Waals surface area contributed by atoms with Crippen molar-refractivity contribution in [1.82, 2.24) is 14.5 Å². The fourth-order valence-electron chi connectivity index (χ4n) is 4.30. The third-order valence-electron chi connectivity index (χ3n) is 6.54. The highest BCUT2D eigenvalue weighted by Gasteiger charge is 2.33. The van der Waals surface area contributed by atoms with E-state index in [9.17, 15) is 4.79 Å². The number of anilines is 1. The molecule has 2 unspecified atom stereocenters. The lowest BCUT2D eigenvalue weighted by Crippen LogP contribution is -2.18. The lowest BCUT2D eigenvalue weighted by Gasteiger charge is -2.11. The van der Waals surface area contributed by atoms with Crippen LogP contribution in [0.3, 0.4) is 0 Å². The molecule has 1 aliphatic rings. The van der Waals surface area contributed by atoms with Gasteiger partial charge < -0.3 is 25.2 Å². The second kappa shape index (κ2) is 12.5. The molecule has 10 nitrogen and oxygen atoms in total. The number of amidine groups is 1. The highest BCUT2D eigenvalue weighted by atomic mass is 35.5. The van der Waals surface area contributed by atoms with Crippen LogP contribution in [-0.2, 0) is 28.0 Å². The first-order chi connectivity index (χ1) is 18.9. The molecular weight excluding hydrogens is 530 g/mol. The third-order valence-corrected chi connectivity index (χ3v) is 6.54. The van der Waals surface area contributed by atoms with E-state index in [1.807, 2.05) is 31.3 Å². The van der Waals surface area contributed by atoms with Crippen LogP contribution in [0.1, 0.15) is 48.0 Å². The topological polar surface area (TPSA) is 140 Å². The quantitative estimate of drug-likeness (QED) is 0.111. The van der Waals surface area contributed by atoms with E-state index in [0.29, 0.717) is 17.8 Å². The third kappa shape index (κ3) is 6.31. The molecule has 0 aliphatic heterocycles. The van der Waals surface area contributed by atoms with E-state index in [-0.39, 0.29) is 30.8 Å². The fourth-order valence-corrected chi connectivity index (χ4v) is 4.30. The molecule has 2 aromatic heterocycles. The minimum absolute atomic E-state index is 0. The summed E-state index contributed by atoms with van der Waals surface area (Å²) in [5.74, 6) is 3.53. The Labute approximate surface area is 237 Å². The molecule has 5 rings (SSSR count). The van der Waals surface area contributed by atoms with Crippen molar-refractivity contribution in [3.8, 4) is 0 Å². The first kappa shape index (κ1) is 28.4. The highest BCUT2D eigenvalue weighted by molar-refractivity contribution is 5.95. The molecule has 1 saturated carbocycles. The summed E-state index contributed by atoms with van der Waals surface area (Å²) in [5.41, 5.74) is 11.6. The van der Waals surface area contributed by atoms with E-state index >= 15 is 0 Å². The molecule has 40 heavy (non-hydrogen) atoms. The summed E-state index contributed by atoms with van der Waals surface area (Å²) < 4.78 is 7.18. The molecule has 0 saturated heterocycles. The Morgan fingerprint density at radius 2 is 2.05 bits per heavy atom. The number of nitrogens with zero attached hydrogens (tertiary/aromatic N) is 4. The summed E-state index contributed by atoms with van der Waals surface area (Å²) in [6.07, 6.45) is 1.36. The van der Waals surface area contributed by atoms with Crippen molar-refractivity contribution in [3.05, 3.63) is 95.1 Å². The van der Waals surface area contributed by atoms with Crippen LogP contribution in [0.25, 0.3) is 11.0 Å². The van der Waals surface area contributed by atoms with Gasteiger partial charge >= 0.3 is 5.97 Å². The van der Waals surface area contributed by atoms with Crippen LogP contribution in [0.15, 0.2) is 77.6 Å². The van der Waals surface area contributed by atoms with Gasteiger partial charge in [-0.1, -0.05) is 12.1 Å². The first-order valence-corrected chi connectivity index (χ1v) is 12.6. The number of nitrogens with one attached hydrogen (secondary N) is 2. The number of nitrogen functional groups attached to an aromatic ring is 1. The number of halogens is 1. The van der Waals surface area contributed by atoms with Crippen LogP contribution in [0.5, 0.6) is 0 Å². The molecule has 2 heterocycles. The number of carbonyl (C=O) groups excluding carboxylic acids is 1. The minimum Gasteiger partial charge on any atom is -0.463 e. The Balaban J connectivity index is 0.00000370. The van der Waals surface area contributed by atoms with Gasteiger partial charge in [-0.2, -0.15) is 0 Å². The molecule has 4 N–H and O–H groups in total. The Morgan fingerprint density at radius 1 is 1.25 bits per heavy atom. The molecule has 0 spiro atoms. The number of nitrogens with two attached hydrogens (primary N) is 1. The SMILES string of the molecule is CCOC(=O)C(ON=C=C1CC1c1ccc2c(c1)nc(CNc1ccc(C(=N)N)cc1)n2C)c1ccccn1.Cl. The van der Waals surface area contributed by atoms with E-state index < -0.39 is 12.1 Å². The van der Waals surface area contributed by atoms with E-state index in [1.54, 1.807) is 31.3 Å². The average molecular weight is 560 g/mol. The molecule has 1 fully saturated rings. The summed E-state index contributed by atoms with van der Waals surface area (Å²) in [4.78, 5) is 26.8. The Bertz CT molecular complexity index is 1580. The molecule has 0 bridgehead atoms. The number of imidazole rings is 1. The lowest BCUT2D eigenvalue weighted by atomic mass is 10.1. The van der Waals surface area contributed by atoms with Crippen molar-refractivity contribution in [2.75, 3.05) is 11.9 Å². The van der Waals surface area contributed by atoms with Gasteiger partial charge in [-0.05, 0) is 72.6 Å². The zero-order valence-electron chi connectivity index (χ0n) is 22.1. The Hall–Kier alpha value is -4.66. The molecule has 4 aromatic rings. The van der Waals surface area contributed by atoms with Gasteiger partial charge in [0.25, 0.3) is 6.10 Å². The number of fused-ring (bicyclic) bond motifs is 1. The van der Waals surface area contributed by atoms with Gasteiger partial charge in [-0.3, -0.25) is 10.4 Å².